The number of piperidine rings is 1. The predicted molar refractivity (Wildman–Crippen MR) is 78.2 cm³/mol. The molecule has 3 rings (SSSR count). The van der Waals surface area contributed by atoms with Gasteiger partial charge in [-0.1, -0.05) is 12.1 Å². The van der Waals surface area contributed by atoms with Crippen molar-refractivity contribution in [2.45, 2.75) is 43.6 Å². The molecule has 2 aliphatic rings. The first-order chi connectivity index (χ1) is 9.43. The quantitative estimate of drug-likeness (QED) is 0.806. The van der Waals surface area contributed by atoms with Crippen molar-refractivity contribution in [1.82, 2.24) is 4.90 Å². The van der Waals surface area contributed by atoms with Crippen LogP contribution in [0, 0.1) is 0 Å². The van der Waals surface area contributed by atoms with Gasteiger partial charge < -0.3 is 15.7 Å². The number of aliphatic hydroxyl groups is 1. The van der Waals surface area contributed by atoms with E-state index in [0.717, 1.165) is 24.1 Å². The molecule has 3 N–H and O–H groups in total. The molecule has 2 fully saturated rings. The second-order valence-electron chi connectivity index (χ2n) is 6.49. The Balaban J connectivity index is 1.75. The van der Waals surface area contributed by atoms with E-state index in [0.29, 0.717) is 25.9 Å². The fourth-order valence-electron chi connectivity index (χ4n) is 3.05. The molecule has 1 saturated heterocycles. The van der Waals surface area contributed by atoms with Crippen LogP contribution in [0.4, 0.5) is 5.69 Å². The van der Waals surface area contributed by atoms with Gasteiger partial charge in [-0.25, -0.2) is 0 Å². The zero-order valence-corrected chi connectivity index (χ0v) is 11.9. The predicted octanol–water partition coefficient (Wildman–Crippen LogP) is 1.67. The first-order valence-corrected chi connectivity index (χ1v) is 7.31. The van der Waals surface area contributed by atoms with Crippen LogP contribution < -0.4 is 5.73 Å². The van der Waals surface area contributed by atoms with Gasteiger partial charge in [-0.05, 0) is 50.3 Å². The van der Waals surface area contributed by atoms with Gasteiger partial charge in [0.05, 0.1) is 11.0 Å². The molecular formula is C16H22N2O2. The number of rotatable bonds is 2. The normalized spacial score (nSPS) is 23.4. The summed E-state index contributed by atoms with van der Waals surface area (Å²) in [5, 5.41) is 9.99. The Kier molecular flexibility index (Phi) is 3.01. The molecule has 0 bridgehead atoms. The standard InChI is InChI=1S/C16H22N2O2/c1-15(20)8-10-18(11-9-15)14(19)16(6-7-16)12-2-4-13(17)5-3-12/h2-5,20H,6-11,17H2,1H3. The van der Waals surface area contributed by atoms with Crippen molar-refractivity contribution in [3.63, 3.8) is 0 Å². The Morgan fingerprint density at radius 2 is 1.70 bits per heavy atom. The fourth-order valence-corrected chi connectivity index (χ4v) is 3.05. The highest BCUT2D eigenvalue weighted by atomic mass is 16.3. The largest absolute Gasteiger partial charge is 0.399 e. The number of likely N-dealkylation sites (tertiary alicyclic amines) is 1. The molecule has 4 heteroatoms. The number of hydrogen-bond donors (Lipinski definition) is 2. The summed E-state index contributed by atoms with van der Waals surface area (Å²) in [6, 6.07) is 7.67. The van der Waals surface area contributed by atoms with Crippen LogP contribution in [0.3, 0.4) is 0 Å². The summed E-state index contributed by atoms with van der Waals surface area (Å²) in [6.07, 6.45) is 3.17. The lowest BCUT2D eigenvalue weighted by atomic mass is 9.90. The van der Waals surface area contributed by atoms with Crippen LogP contribution in [0.25, 0.3) is 0 Å². The number of carbonyl (C=O) groups is 1. The maximum Gasteiger partial charge on any atom is 0.233 e. The Morgan fingerprint density at radius 3 is 2.20 bits per heavy atom. The number of nitrogens with two attached hydrogens (primary N) is 1. The molecule has 20 heavy (non-hydrogen) atoms. The summed E-state index contributed by atoms with van der Waals surface area (Å²) >= 11 is 0. The van der Waals surface area contributed by atoms with E-state index in [-0.39, 0.29) is 11.3 Å². The van der Waals surface area contributed by atoms with Crippen molar-refractivity contribution in [1.29, 1.82) is 0 Å². The number of carbonyl (C=O) groups excluding carboxylic acids is 1. The summed E-state index contributed by atoms with van der Waals surface area (Å²) in [7, 11) is 0. The fraction of sp³-hybridized carbons (Fsp3) is 0.562. The average Bonchev–Trinajstić information content (AvgIpc) is 3.20. The van der Waals surface area contributed by atoms with Crippen molar-refractivity contribution >= 4 is 11.6 Å². The highest BCUT2D eigenvalue weighted by Gasteiger charge is 2.53. The highest BCUT2D eigenvalue weighted by molar-refractivity contribution is 5.91. The highest BCUT2D eigenvalue weighted by Crippen LogP contribution is 2.50. The van der Waals surface area contributed by atoms with Gasteiger partial charge in [0.1, 0.15) is 0 Å². The number of amides is 1. The molecule has 0 atom stereocenters. The van der Waals surface area contributed by atoms with Gasteiger partial charge in [0, 0.05) is 18.8 Å². The van der Waals surface area contributed by atoms with Gasteiger partial charge >= 0.3 is 0 Å². The monoisotopic (exact) mass is 274 g/mol. The van der Waals surface area contributed by atoms with E-state index < -0.39 is 5.60 Å². The van der Waals surface area contributed by atoms with E-state index >= 15 is 0 Å². The first kappa shape index (κ1) is 13.4. The second-order valence-corrected chi connectivity index (χ2v) is 6.49. The molecule has 1 aromatic rings. The molecule has 1 aliphatic carbocycles. The van der Waals surface area contributed by atoms with E-state index in [9.17, 15) is 9.90 Å². The molecular weight excluding hydrogens is 252 g/mol. The van der Waals surface area contributed by atoms with E-state index in [1.165, 1.54) is 0 Å². The molecule has 0 radical (unpaired) electrons. The minimum Gasteiger partial charge on any atom is -0.399 e. The summed E-state index contributed by atoms with van der Waals surface area (Å²) in [5.41, 5.74) is 6.58. The van der Waals surface area contributed by atoms with Gasteiger partial charge in [0.25, 0.3) is 0 Å². The van der Waals surface area contributed by atoms with E-state index in [1.54, 1.807) is 0 Å². The molecule has 1 aromatic carbocycles. The average molecular weight is 274 g/mol. The Bertz CT molecular complexity index is 508. The molecule has 1 amide bonds. The van der Waals surface area contributed by atoms with Crippen LogP contribution in [0.15, 0.2) is 24.3 Å². The second kappa shape index (κ2) is 4.48. The lowest BCUT2D eigenvalue weighted by Crippen LogP contribution is -2.48. The number of anilines is 1. The van der Waals surface area contributed by atoms with Crippen LogP contribution in [0.2, 0.25) is 0 Å². The van der Waals surface area contributed by atoms with Gasteiger partial charge in [0.15, 0.2) is 0 Å². The summed E-state index contributed by atoms with van der Waals surface area (Å²) in [5.74, 6) is 0.220. The molecule has 1 heterocycles. The Hall–Kier alpha value is -1.55. The van der Waals surface area contributed by atoms with Crippen LogP contribution in [0.5, 0.6) is 0 Å². The van der Waals surface area contributed by atoms with Gasteiger partial charge in [-0.3, -0.25) is 4.79 Å². The lowest BCUT2D eigenvalue weighted by molar-refractivity contribution is -0.137. The molecule has 108 valence electrons. The lowest BCUT2D eigenvalue weighted by Gasteiger charge is -2.37. The van der Waals surface area contributed by atoms with Crippen LogP contribution in [-0.4, -0.2) is 34.6 Å². The topological polar surface area (TPSA) is 66.6 Å². The minimum atomic E-state index is -0.616. The smallest absolute Gasteiger partial charge is 0.233 e. The van der Waals surface area contributed by atoms with Crippen LogP contribution >= 0.6 is 0 Å². The summed E-state index contributed by atoms with van der Waals surface area (Å²) in [4.78, 5) is 14.7. The molecule has 4 nitrogen and oxygen atoms in total. The maximum atomic E-state index is 12.8. The van der Waals surface area contributed by atoms with E-state index in [4.69, 9.17) is 5.73 Å². The zero-order valence-electron chi connectivity index (χ0n) is 11.9. The van der Waals surface area contributed by atoms with Crippen LogP contribution in [0.1, 0.15) is 38.2 Å². The van der Waals surface area contributed by atoms with Crippen molar-refractivity contribution in [3.05, 3.63) is 29.8 Å². The van der Waals surface area contributed by atoms with Crippen molar-refractivity contribution in [2.75, 3.05) is 18.8 Å². The molecule has 1 saturated carbocycles. The maximum absolute atomic E-state index is 12.8. The first-order valence-electron chi connectivity index (χ1n) is 7.31. The Morgan fingerprint density at radius 1 is 1.15 bits per heavy atom. The number of hydrogen-bond acceptors (Lipinski definition) is 3. The number of nitrogens with zero attached hydrogens (tertiary/aromatic N) is 1. The third-order valence-electron chi connectivity index (χ3n) is 4.75. The number of nitrogen functional groups attached to an aromatic ring is 1. The van der Waals surface area contributed by atoms with Gasteiger partial charge in [-0.2, -0.15) is 0 Å². The van der Waals surface area contributed by atoms with Crippen molar-refractivity contribution in [2.24, 2.45) is 0 Å². The van der Waals surface area contributed by atoms with E-state index in [1.807, 2.05) is 36.1 Å². The molecule has 0 unspecified atom stereocenters. The van der Waals surface area contributed by atoms with Crippen molar-refractivity contribution < 1.29 is 9.90 Å². The molecule has 0 aromatic heterocycles. The molecule has 0 spiro atoms. The van der Waals surface area contributed by atoms with Crippen molar-refractivity contribution in [3.8, 4) is 0 Å². The zero-order chi connectivity index (χ0) is 14.4. The Labute approximate surface area is 119 Å². The third-order valence-corrected chi connectivity index (χ3v) is 4.75. The summed E-state index contributed by atoms with van der Waals surface area (Å²) in [6.45, 7) is 3.16. The summed E-state index contributed by atoms with van der Waals surface area (Å²) < 4.78 is 0. The van der Waals surface area contributed by atoms with E-state index in [2.05, 4.69) is 0 Å². The van der Waals surface area contributed by atoms with Crippen LogP contribution in [-0.2, 0) is 10.2 Å². The van der Waals surface area contributed by atoms with Gasteiger partial charge in [0.2, 0.25) is 5.91 Å². The van der Waals surface area contributed by atoms with Gasteiger partial charge in [-0.15, -0.1) is 0 Å². The molecule has 1 aliphatic heterocycles. The third kappa shape index (κ3) is 2.29. The SMILES string of the molecule is CC1(O)CCN(C(=O)C2(c3ccc(N)cc3)CC2)CC1. The number of benzene rings is 1. The minimum absolute atomic E-state index is 0.220.